The molecule has 5 aromatic rings. The molecule has 0 saturated carbocycles. The Hall–Kier alpha value is -5.03. The van der Waals surface area contributed by atoms with E-state index in [1.165, 1.54) is 4.90 Å². The van der Waals surface area contributed by atoms with Crippen LogP contribution in [0.3, 0.4) is 0 Å². The molecule has 2 fully saturated rings. The Kier molecular flexibility index (Phi) is 6.84. The van der Waals surface area contributed by atoms with Crippen LogP contribution < -0.4 is 9.80 Å². The van der Waals surface area contributed by atoms with Crippen molar-refractivity contribution >= 4 is 46.4 Å². The van der Waals surface area contributed by atoms with Crippen molar-refractivity contribution in [3.8, 4) is 11.3 Å². The maximum atomic E-state index is 11.3. The highest BCUT2D eigenvalue weighted by molar-refractivity contribution is 5.81. The molecule has 0 spiro atoms. The zero-order chi connectivity index (χ0) is 28.5. The number of nitrogens with zero attached hydrogens (tertiary/aromatic N) is 8. The van der Waals surface area contributed by atoms with Gasteiger partial charge in [-0.2, -0.15) is 0 Å². The lowest BCUT2D eigenvalue weighted by Crippen LogP contribution is -2.48. The number of hydrogen-bond donors (Lipinski definition) is 1. The average molecular weight is 563 g/mol. The number of hydrogen-bond acceptors (Lipinski definition) is 8. The van der Waals surface area contributed by atoms with Crippen LogP contribution in [0.4, 0.5) is 16.4 Å². The molecule has 6 heterocycles. The molecule has 4 aromatic heterocycles. The maximum absolute atomic E-state index is 11.3. The van der Waals surface area contributed by atoms with Crippen LogP contribution in [0.15, 0.2) is 67.1 Å². The number of ether oxygens (including phenoxy) is 1. The van der Waals surface area contributed by atoms with Gasteiger partial charge in [-0.1, -0.05) is 24.3 Å². The summed E-state index contributed by atoms with van der Waals surface area (Å²) in [6, 6.07) is 16.2. The number of aromatic nitrogens is 5. The first kappa shape index (κ1) is 25.9. The van der Waals surface area contributed by atoms with Crippen molar-refractivity contribution in [1.82, 2.24) is 29.2 Å². The Morgan fingerprint density at radius 1 is 0.810 bits per heavy atom. The van der Waals surface area contributed by atoms with Crippen LogP contribution >= 0.6 is 0 Å². The van der Waals surface area contributed by atoms with Gasteiger partial charge in [-0.3, -0.25) is 4.40 Å². The van der Waals surface area contributed by atoms with Gasteiger partial charge in [0.15, 0.2) is 11.5 Å². The van der Waals surface area contributed by atoms with Crippen molar-refractivity contribution in [1.29, 1.82) is 0 Å². The molecule has 42 heavy (non-hydrogen) atoms. The van der Waals surface area contributed by atoms with Crippen molar-refractivity contribution in [3.05, 3.63) is 78.5 Å². The summed E-state index contributed by atoms with van der Waals surface area (Å²) in [7, 11) is 0. The molecule has 1 amide bonds. The lowest BCUT2D eigenvalue weighted by Gasteiger charge is -2.33. The summed E-state index contributed by atoms with van der Waals surface area (Å²) in [6.07, 6.45) is 8.83. The van der Waals surface area contributed by atoms with E-state index in [2.05, 4.69) is 26.3 Å². The number of para-hydroxylation sites is 1. The fraction of sp³-hybridized carbons (Fsp3) is 0.258. The Balaban J connectivity index is 1.21. The molecule has 0 unspecified atom stereocenters. The minimum Gasteiger partial charge on any atom is -0.465 e. The van der Waals surface area contributed by atoms with Gasteiger partial charge >= 0.3 is 6.09 Å². The van der Waals surface area contributed by atoms with Crippen molar-refractivity contribution in [2.24, 2.45) is 0 Å². The van der Waals surface area contributed by atoms with Crippen LogP contribution in [0.1, 0.15) is 11.4 Å². The molecule has 212 valence electrons. The smallest absolute Gasteiger partial charge is 0.407 e. The van der Waals surface area contributed by atoms with Crippen LogP contribution in [0, 0.1) is 0 Å². The number of carboxylic acid groups (broad SMARTS) is 1. The Bertz CT molecular complexity index is 1770. The first-order chi connectivity index (χ1) is 20.6. The van der Waals surface area contributed by atoms with E-state index in [0.717, 1.165) is 63.9 Å². The van der Waals surface area contributed by atoms with Crippen LogP contribution in [0.25, 0.3) is 40.0 Å². The molecule has 2 aliphatic rings. The van der Waals surface area contributed by atoms with E-state index < -0.39 is 6.09 Å². The third-order valence-electron chi connectivity index (χ3n) is 7.77. The maximum Gasteiger partial charge on any atom is 0.407 e. The summed E-state index contributed by atoms with van der Waals surface area (Å²) in [5, 5.41) is 10.3. The second-order valence-corrected chi connectivity index (χ2v) is 10.3. The molecule has 11 nitrogen and oxygen atoms in total. The normalized spacial score (nSPS) is 16.1. The molecule has 11 heteroatoms. The van der Waals surface area contributed by atoms with Crippen LogP contribution in [0.2, 0.25) is 0 Å². The van der Waals surface area contributed by atoms with Gasteiger partial charge in [-0.15, -0.1) is 0 Å². The standard InChI is InChI=1S/C31H30N8O3/c40-31(41)38-13-11-36(12-14-38)28-10-6-23(19-32-28)27-20-33-29(37-15-17-42-18-16-37)30-35-25(21-39(27)30)9-8-24-7-5-22-3-1-2-4-26(22)34-24/h1-10,19-21H,11-18H2,(H,40,41). The topological polar surface area (TPSA) is 112 Å². The van der Waals surface area contributed by atoms with Crippen LogP contribution in [-0.4, -0.2) is 92.9 Å². The first-order valence-corrected chi connectivity index (χ1v) is 14.1. The summed E-state index contributed by atoms with van der Waals surface area (Å²) in [5.41, 5.74) is 5.19. The summed E-state index contributed by atoms with van der Waals surface area (Å²) in [5.74, 6) is 1.65. The SMILES string of the molecule is O=C(O)N1CCN(c2ccc(-c3cnc(N4CCOCC4)c4nc(C=Cc5ccc6ccccc6n5)cn34)cn2)CC1. The van der Waals surface area contributed by atoms with Crippen LogP contribution in [0.5, 0.6) is 0 Å². The highest BCUT2D eigenvalue weighted by Crippen LogP contribution is 2.28. The number of fused-ring (bicyclic) bond motifs is 2. The van der Waals surface area contributed by atoms with Gasteiger partial charge in [0.25, 0.3) is 0 Å². The lowest BCUT2D eigenvalue weighted by atomic mass is 10.2. The molecule has 0 bridgehead atoms. The van der Waals surface area contributed by atoms with E-state index in [1.54, 1.807) is 0 Å². The van der Waals surface area contributed by atoms with Crippen LogP contribution in [-0.2, 0) is 4.74 Å². The number of benzene rings is 1. The Labute approximate surface area is 242 Å². The quantitative estimate of drug-likeness (QED) is 0.338. The highest BCUT2D eigenvalue weighted by atomic mass is 16.5. The van der Waals surface area contributed by atoms with Gasteiger partial charge in [0.2, 0.25) is 0 Å². The van der Waals surface area contributed by atoms with E-state index >= 15 is 0 Å². The summed E-state index contributed by atoms with van der Waals surface area (Å²) >= 11 is 0. The third-order valence-corrected chi connectivity index (χ3v) is 7.77. The fourth-order valence-corrected chi connectivity index (χ4v) is 5.47. The molecular weight excluding hydrogens is 532 g/mol. The number of pyridine rings is 2. The number of piperazine rings is 1. The Morgan fingerprint density at radius 3 is 2.40 bits per heavy atom. The van der Waals surface area contributed by atoms with Crippen molar-refractivity contribution < 1.29 is 14.6 Å². The summed E-state index contributed by atoms with van der Waals surface area (Å²) in [6.45, 7) is 4.98. The molecule has 0 radical (unpaired) electrons. The van der Waals surface area contributed by atoms with Gasteiger partial charge in [-0.25, -0.2) is 24.7 Å². The van der Waals surface area contributed by atoms with Gasteiger partial charge in [0.1, 0.15) is 5.82 Å². The predicted octanol–water partition coefficient (Wildman–Crippen LogP) is 4.15. The molecular formula is C31H30N8O3. The minimum absolute atomic E-state index is 0.465. The van der Waals surface area contributed by atoms with E-state index in [0.29, 0.717) is 39.4 Å². The number of carbonyl (C=O) groups is 1. The second-order valence-electron chi connectivity index (χ2n) is 10.3. The van der Waals surface area contributed by atoms with Crippen molar-refractivity contribution in [2.75, 3.05) is 62.3 Å². The van der Waals surface area contributed by atoms with E-state index in [1.807, 2.05) is 67.1 Å². The lowest BCUT2D eigenvalue weighted by molar-refractivity contribution is 0.122. The van der Waals surface area contributed by atoms with Gasteiger partial charge < -0.3 is 24.5 Å². The zero-order valence-electron chi connectivity index (χ0n) is 23.0. The van der Waals surface area contributed by atoms with Gasteiger partial charge in [-0.05, 0) is 36.4 Å². The number of anilines is 2. The molecule has 1 N–H and O–H groups in total. The second kappa shape index (κ2) is 11.1. The van der Waals surface area contributed by atoms with Crippen molar-refractivity contribution in [2.45, 2.75) is 0 Å². The number of morpholine rings is 1. The number of rotatable bonds is 5. The van der Waals surface area contributed by atoms with Gasteiger partial charge in [0, 0.05) is 62.6 Å². The zero-order valence-corrected chi connectivity index (χ0v) is 23.0. The average Bonchev–Trinajstić information content (AvgIpc) is 3.48. The van der Waals surface area contributed by atoms with Gasteiger partial charge in [0.05, 0.1) is 42.0 Å². The fourth-order valence-electron chi connectivity index (χ4n) is 5.47. The molecule has 0 aliphatic carbocycles. The highest BCUT2D eigenvalue weighted by Gasteiger charge is 2.22. The minimum atomic E-state index is -0.877. The summed E-state index contributed by atoms with van der Waals surface area (Å²) < 4.78 is 7.65. The Morgan fingerprint density at radius 2 is 1.62 bits per heavy atom. The number of imidazole rings is 1. The molecule has 7 rings (SSSR count). The number of amides is 1. The molecule has 2 aliphatic heterocycles. The van der Waals surface area contributed by atoms with Crippen molar-refractivity contribution in [3.63, 3.8) is 0 Å². The first-order valence-electron chi connectivity index (χ1n) is 14.1. The molecule has 2 saturated heterocycles. The predicted molar refractivity (Wildman–Crippen MR) is 162 cm³/mol. The largest absolute Gasteiger partial charge is 0.465 e. The summed E-state index contributed by atoms with van der Waals surface area (Å²) in [4.78, 5) is 36.3. The third kappa shape index (κ3) is 5.10. The van der Waals surface area contributed by atoms with E-state index in [9.17, 15) is 9.90 Å². The monoisotopic (exact) mass is 562 g/mol. The molecule has 0 atom stereocenters. The van der Waals surface area contributed by atoms with E-state index in [-0.39, 0.29) is 0 Å². The molecule has 1 aromatic carbocycles. The van der Waals surface area contributed by atoms with E-state index in [4.69, 9.17) is 24.7 Å².